The molecule has 0 bridgehead atoms. The summed E-state index contributed by atoms with van der Waals surface area (Å²) in [6.45, 7) is 4.01. The molecule has 0 amide bonds. The highest BCUT2D eigenvalue weighted by Crippen LogP contribution is 2.22. The monoisotopic (exact) mass is 288 g/mol. The zero-order chi connectivity index (χ0) is 15.4. The van der Waals surface area contributed by atoms with Crippen LogP contribution in [0.5, 0.6) is 5.75 Å². The van der Waals surface area contributed by atoms with Crippen molar-refractivity contribution in [3.8, 4) is 11.4 Å². The fourth-order valence-corrected chi connectivity index (χ4v) is 2.48. The van der Waals surface area contributed by atoms with Crippen molar-refractivity contribution in [1.29, 1.82) is 0 Å². The minimum atomic E-state index is -0.825. The van der Waals surface area contributed by atoms with E-state index in [2.05, 4.69) is 5.10 Å². The van der Waals surface area contributed by atoms with Crippen molar-refractivity contribution in [1.82, 2.24) is 9.78 Å². The molecule has 0 atom stereocenters. The standard InChI is InChI=1S/C16H20N2O3/c1-4-14-13(10-16(19)20)15(5-2)18(17-14)11-6-8-12(21-3)9-7-11/h6-9H,4-5,10H2,1-3H3,(H,19,20). The Kier molecular flexibility index (Phi) is 4.62. The third-order valence-corrected chi connectivity index (χ3v) is 3.49. The summed E-state index contributed by atoms with van der Waals surface area (Å²) in [4.78, 5) is 11.1. The van der Waals surface area contributed by atoms with Gasteiger partial charge in [0.25, 0.3) is 0 Å². The van der Waals surface area contributed by atoms with Crippen LogP contribution < -0.4 is 4.74 Å². The van der Waals surface area contributed by atoms with Gasteiger partial charge in [0.15, 0.2) is 0 Å². The molecular weight excluding hydrogens is 268 g/mol. The number of hydrogen-bond donors (Lipinski definition) is 1. The molecule has 0 aliphatic heterocycles. The van der Waals surface area contributed by atoms with Crippen molar-refractivity contribution in [2.75, 3.05) is 7.11 Å². The van der Waals surface area contributed by atoms with E-state index < -0.39 is 5.97 Å². The van der Waals surface area contributed by atoms with Crippen molar-refractivity contribution < 1.29 is 14.6 Å². The molecule has 0 radical (unpaired) electrons. The summed E-state index contributed by atoms with van der Waals surface area (Å²) < 4.78 is 7.00. The van der Waals surface area contributed by atoms with E-state index in [1.807, 2.05) is 42.8 Å². The van der Waals surface area contributed by atoms with Crippen LogP contribution in [0, 0.1) is 0 Å². The molecule has 1 aromatic heterocycles. The Labute approximate surface area is 124 Å². The highest BCUT2D eigenvalue weighted by atomic mass is 16.5. The normalized spacial score (nSPS) is 10.6. The summed E-state index contributed by atoms with van der Waals surface area (Å²) in [5, 5.41) is 13.7. The molecule has 0 spiro atoms. The second-order valence-electron chi connectivity index (χ2n) is 4.76. The second-order valence-corrected chi connectivity index (χ2v) is 4.76. The Balaban J connectivity index is 2.51. The maximum atomic E-state index is 11.1. The van der Waals surface area contributed by atoms with Gasteiger partial charge in [-0.25, -0.2) is 4.68 Å². The van der Waals surface area contributed by atoms with Crippen LogP contribution in [0.2, 0.25) is 0 Å². The van der Waals surface area contributed by atoms with Gasteiger partial charge in [-0.2, -0.15) is 5.10 Å². The van der Waals surface area contributed by atoms with Gasteiger partial charge in [0.05, 0.1) is 24.9 Å². The molecule has 21 heavy (non-hydrogen) atoms. The number of aliphatic carboxylic acids is 1. The van der Waals surface area contributed by atoms with Gasteiger partial charge in [-0.05, 0) is 37.1 Å². The lowest BCUT2D eigenvalue weighted by Crippen LogP contribution is -2.06. The SMILES string of the molecule is CCc1nn(-c2ccc(OC)cc2)c(CC)c1CC(=O)O. The predicted octanol–water partition coefficient (Wildman–Crippen LogP) is 2.63. The van der Waals surface area contributed by atoms with Gasteiger partial charge in [-0.1, -0.05) is 13.8 Å². The molecule has 0 unspecified atom stereocenters. The van der Waals surface area contributed by atoms with Crippen LogP contribution in [0.1, 0.15) is 30.8 Å². The smallest absolute Gasteiger partial charge is 0.307 e. The molecule has 0 saturated heterocycles. The fourth-order valence-electron chi connectivity index (χ4n) is 2.48. The number of carboxylic acid groups (broad SMARTS) is 1. The van der Waals surface area contributed by atoms with Gasteiger partial charge < -0.3 is 9.84 Å². The lowest BCUT2D eigenvalue weighted by Gasteiger charge is -2.08. The molecule has 5 heteroatoms. The summed E-state index contributed by atoms with van der Waals surface area (Å²) >= 11 is 0. The van der Waals surface area contributed by atoms with Crippen molar-refractivity contribution in [3.63, 3.8) is 0 Å². The topological polar surface area (TPSA) is 64.4 Å². The lowest BCUT2D eigenvalue weighted by molar-refractivity contribution is -0.136. The van der Waals surface area contributed by atoms with Gasteiger partial charge in [0.1, 0.15) is 5.75 Å². The molecule has 5 nitrogen and oxygen atoms in total. The Morgan fingerprint density at radius 1 is 1.24 bits per heavy atom. The quantitative estimate of drug-likeness (QED) is 0.887. The minimum absolute atomic E-state index is 0.0164. The van der Waals surface area contributed by atoms with Gasteiger partial charge in [-0.3, -0.25) is 4.79 Å². The van der Waals surface area contributed by atoms with E-state index in [9.17, 15) is 4.79 Å². The maximum Gasteiger partial charge on any atom is 0.307 e. The zero-order valence-electron chi connectivity index (χ0n) is 12.6. The lowest BCUT2D eigenvalue weighted by atomic mass is 10.1. The molecule has 2 aromatic rings. The summed E-state index contributed by atoms with van der Waals surface area (Å²) in [7, 11) is 1.63. The molecule has 0 saturated carbocycles. The van der Waals surface area contributed by atoms with E-state index in [4.69, 9.17) is 9.84 Å². The number of aromatic nitrogens is 2. The molecule has 2 rings (SSSR count). The van der Waals surface area contributed by atoms with E-state index >= 15 is 0 Å². The molecule has 0 aliphatic rings. The minimum Gasteiger partial charge on any atom is -0.497 e. The van der Waals surface area contributed by atoms with Crippen LogP contribution in [0.25, 0.3) is 5.69 Å². The number of carboxylic acids is 1. The maximum absolute atomic E-state index is 11.1. The van der Waals surface area contributed by atoms with E-state index in [1.54, 1.807) is 7.11 Å². The summed E-state index contributed by atoms with van der Waals surface area (Å²) in [6.07, 6.45) is 1.48. The van der Waals surface area contributed by atoms with Crippen LogP contribution in [-0.4, -0.2) is 28.0 Å². The van der Waals surface area contributed by atoms with Gasteiger partial charge in [-0.15, -0.1) is 0 Å². The molecule has 0 fully saturated rings. The molecule has 0 aliphatic carbocycles. The van der Waals surface area contributed by atoms with Gasteiger partial charge in [0, 0.05) is 11.3 Å². The molecule has 112 valence electrons. The Bertz CT molecular complexity index is 630. The first-order chi connectivity index (χ1) is 10.1. The zero-order valence-corrected chi connectivity index (χ0v) is 12.6. The van der Waals surface area contributed by atoms with E-state index in [1.165, 1.54) is 0 Å². The first-order valence-corrected chi connectivity index (χ1v) is 7.06. The van der Waals surface area contributed by atoms with Crippen molar-refractivity contribution in [2.45, 2.75) is 33.1 Å². The van der Waals surface area contributed by atoms with E-state index in [0.717, 1.165) is 41.2 Å². The molecule has 1 heterocycles. The van der Waals surface area contributed by atoms with Crippen molar-refractivity contribution in [2.24, 2.45) is 0 Å². The van der Waals surface area contributed by atoms with Gasteiger partial charge >= 0.3 is 5.97 Å². The highest BCUT2D eigenvalue weighted by Gasteiger charge is 2.18. The average Bonchev–Trinajstić information content (AvgIpc) is 2.84. The third kappa shape index (κ3) is 3.07. The van der Waals surface area contributed by atoms with Crippen LogP contribution in [-0.2, 0) is 24.1 Å². The number of carbonyl (C=O) groups is 1. The average molecular weight is 288 g/mol. The van der Waals surface area contributed by atoms with Crippen LogP contribution >= 0.6 is 0 Å². The van der Waals surface area contributed by atoms with Crippen LogP contribution in [0.4, 0.5) is 0 Å². The highest BCUT2D eigenvalue weighted by molar-refractivity contribution is 5.71. The van der Waals surface area contributed by atoms with Crippen LogP contribution in [0.15, 0.2) is 24.3 Å². The third-order valence-electron chi connectivity index (χ3n) is 3.49. The van der Waals surface area contributed by atoms with Crippen LogP contribution in [0.3, 0.4) is 0 Å². The second kappa shape index (κ2) is 6.43. The molecule has 1 N–H and O–H groups in total. The number of hydrogen-bond acceptors (Lipinski definition) is 3. The summed E-state index contributed by atoms with van der Waals surface area (Å²) in [5.41, 5.74) is 3.56. The number of rotatable bonds is 6. The Morgan fingerprint density at radius 3 is 2.38 bits per heavy atom. The first kappa shape index (κ1) is 15.1. The fraction of sp³-hybridized carbons (Fsp3) is 0.375. The Morgan fingerprint density at radius 2 is 1.90 bits per heavy atom. The molecular formula is C16H20N2O3. The largest absolute Gasteiger partial charge is 0.497 e. The van der Waals surface area contributed by atoms with Crippen molar-refractivity contribution >= 4 is 5.97 Å². The summed E-state index contributed by atoms with van der Waals surface area (Å²) in [5.74, 6) is -0.0425. The van der Waals surface area contributed by atoms with Crippen molar-refractivity contribution in [3.05, 3.63) is 41.2 Å². The Hall–Kier alpha value is -2.30. The predicted molar refractivity (Wildman–Crippen MR) is 80.2 cm³/mol. The number of methoxy groups -OCH3 is 1. The molecule has 1 aromatic carbocycles. The number of benzene rings is 1. The summed E-state index contributed by atoms with van der Waals surface area (Å²) in [6, 6.07) is 7.60. The number of aryl methyl sites for hydroxylation is 1. The first-order valence-electron chi connectivity index (χ1n) is 7.06. The van der Waals surface area contributed by atoms with Gasteiger partial charge in [0.2, 0.25) is 0 Å². The number of ether oxygens (including phenoxy) is 1. The van der Waals surface area contributed by atoms with E-state index in [0.29, 0.717) is 0 Å². The number of nitrogens with zero attached hydrogens (tertiary/aromatic N) is 2. The van der Waals surface area contributed by atoms with E-state index in [-0.39, 0.29) is 6.42 Å².